The summed E-state index contributed by atoms with van der Waals surface area (Å²) >= 11 is 0. The van der Waals surface area contributed by atoms with E-state index >= 15 is 0 Å². The van der Waals surface area contributed by atoms with Gasteiger partial charge in [-0.05, 0) is 13.1 Å². The molecule has 11 heavy (non-hydrogen) atoms. The van der Waals surface area contributed by atoms with Crippen LogP contribution in [0.5, 0.6) is 0 Å². The number of nitrogens with one attached hydrogen (secondary N) is 1. The van der Waals surface area contributed by atoms with E-state index in [4.69, 9.17) is 0 Å². The van der Waals surface area contributed by atoms with E-state index in [2.05, 4.69) is 4.98 Å². The van der Waals surface area contributed by atoms with E-state index < -0.39 is 12.4 Å². The van der Waals surface area contributed by atoms with Crippen molar-refractivity contribution in [2.75, 3.05) is 0 Å². The average molecular weight is 187 g/mol. The van der Waals surface area contributed by atoms with Crippen LogP contribution in [0.3, 0.4) is 0 Å². The van der Waals surface area contributed by atoms with Crippen molar-refractivity contribution in [3.8, 4) is 0 Å². The third kappa shape index (κ3) is 3.33. The fourth-order valence-electron chi connectivity index (χ4n) is 0.719. The largest absolute Gasteiger partial charge is 1.00 e. The van der Waals surface area contributed by atoms with Gasteiger partial charge in [0.25, 0.3) is 0 Å². The molecule has 1 rings (SSSR count). The monoisotopic (exact) mass is 187 g/mol. The summed E-state index contributed by atoms with van der Waals surface area (Å²) in [5, 5.41) is 0. The van der Waals surface area contributed by atoms with Gasteiger partial charge in [-0.3, -0.25) is 0 Å². The van der Waals surface area contributed by atoms with E-state index in [9.17, 15) is 12.9 Å². The van der Waals surface area contributed by atoms with Gasteiger partial charge in [-0.2, -0.15) is 0 Å². The first-order chi connectivity index (χ1) is 4.50. The predicted octanol–water partition coefficient (Wildman–Crippen LogP) is -1.62. The van der Waals surface area contributed by atoms with Crippen LogP contribution in [0.25, 0.3) is 0 Å². The van der Waals surface area contributed by atoms with Crippen LogP contribution in [0.15, 0.2) is 12.3 Å². The molecule has 1 heterocycles. The molecule has 1 nitrogen and oxygen atoms in total. The smallest absolute Gasteiger partial charge is 0.445 e. The average Bonchev–Trinajstić information content (AvgIpc) is 2.11. The first kappa shape index (κ1) is 11.8. The standard InChI is InChI=1S/C5H6BF3N.K/c1-4-2-5(3-10-4)6(7,8)9;/h2-3,10H,1H3;/q-1;+1. The summed E-state index contributed by atoms with van der Waals surface area (Å²) in [5.74, 6) is 0. The minimum Gasteiger partial charge on any atom is -0.445 e. The third-order valence-electron chi connectivity index (χ3n) is 1.23. The first-order valence-corrected chi connectivity index (χ1v) is 2.85. The fraction of sp³-hybridized carbons (Fsp3) is 0.200. The molecule has 0 saturated heterocycles. The van der Waals surface area contributed by atoms with Gasteiger partial charge in [0, 0.05) is 5.69 Å². The molecule has 0 aliphatic heterocycles. The Hall–Kier alpha value is 0.771. The zero-order valence-corrected chi connectivity index (χ0v) is 9.49. The molecule has 1 aromatic rings. The number of hydrogen-bond donors (Lipinski definition) is 1. The van der Waals surface area contributed by atoms with Gasteiger partial charge < -0.3 is 17.9 Å². The number of hydrogen-bond acceptors (Lipinski definition) is 0. The summed E-state index contributed by atoms with van der Waals surface area (Å²) in [6.07, 6.45) is 0.981. The second kappa shape index (κ2) is 4.13. The zero-order valence-electron chi connectivity index (χ0n) is 6.37. The maximum absolute atomic E-state index is 11.8. The number of aromatic nitrogens is 1. The van der Waals surface area contributed by atoms with Crippen LogP contribution in [0.2, 0.25) is 0 Å². The van der Waals surface area contributed by atoms with E-state index in [1.54, 1.807) is 6.92 Å². The molecule has 0 aliphatic rings. The van der Waals surface area contributed by atoms with Gasteiger partial charge in [0.15, 0.2) is 0 Å². The van der Waals surface area contributed by atoms with Gasteiger partial charge in [-0.25, -0.2) is 0 Å². The van der Waals surface area contributed by atoms with E-state index in [-0.39, 0.29) is 51.4 Å². The molecule has 0 amide bonds. The maximum Gasteiger partial charge on any atom is 1.00 e. The van der Waals surface area contributed by atoms with E-state index in [1.807, 2.05) is 0 Å². The van der Waals surface area contributed by atoms with E-state index in [0.717, 1.165) is 12.3 Å². The van der Waals surface area contributed by atoms with Gasteiger partial charge in [-0.15, -0.1) is 0 Å². The van der Waals surface area contributed by atoms with Crippen molar-refractivity contribution >= 4 is 12.4 Å². The molecular weight excluding hydrogens is 181 g/mol. The summed E-state index contributed by atoms with van der Waals surface area (Å²) < 4.78 is 35.5. The Balaban J connectivity index is 0.000001000. The Labute approximate surface area is 105 Å². The number of halogens is 3. The van der Waals surface area contributed by atoms with Crippen molar-refractivity contribution in [3.63, 3.8) is 0 Å². The second-order valence-corrected chi connectivity index (χ2v) is 2.19. The van der Waals surface area contributed by atoms with Gasteiger partial charge >= 0.3 is 58.4 Å². The third-order valence-corrected chi connectivity index (χ3v) is 1.23. The first-order valence-electron chi connectivity index (χ1n) is 2.85. The molecule has 0 unspecified atom stereocenters. The van der Waals surface area contributed by atoms with Crippen LogP contribution >= 0.6 is 0 Å². The molecule has 0 saturated carbocycles. The van der Waals surface area contributed by atoms with Gasteiger partial charge in [0.05, 0.1) is 0 Å². The van der Waals surface area contributed by atoms with Crippen LogP contribution in [-0.2, 0) is 0 Å². The van der Waals surface area contributed by atoms with Crippen LogP contribution in [0.4, 0.5) is 12.9 Å². The topological polar surface area (TPSA) is 15.8 Å². The Morgan fingerprint density at radius 1 is 1.36 bits per heavy atom. The van der Waals surface area contributed by atoms with Crippen LogP contribution < -0.4 is 56.8 Å². The van der Waals surface area contributed by atoms with Crippen molar-refractivity contribution in [1.82, 2.24) is 4.98 Å². The van der Waals surface area contributed by atoms with Crippen molar-refractivity contribution < 1.29 is 64.3 Å². The Bertz CT molecular complexity index is 232. The summed E-state index contributed by atoms with van der Waals surface area (Å²) in [7, 11) is 0. The molecule has 1 aromatic heterocycles. The SMILES string of the molecule is Cc1cc([B-](F)(F)F)c[nH]1.[K+]. The summed E-state index contributed by atoms with van der Waals surface area (Å²) in [6, 6.07) is 1.10. The molecule has 0 spiro atoms. The van der Waals surface area contributed by atoms with Gasteiger partial charge in [0.1, 0.15) is 0 Å². The molecule has 0 radical (unpaired) electrons. The molecule has 0 fully saturated rings. The van der Waals surface area contributed by atoms with Crippen molar-refractivity contribution in [3.05, 3.63) is 18.0 Å². The van der Waals surface area contributed by atoms with Crippen LogP contribution in [0.1, 0.15) is 5.69 Å². The molecule has 0 bridgehead atoms. The van der Waals surface area contributed by atoms with Crippen molar-refractivity contribution in [2.24, 2.45) is 0 Å². The molecule has 6 heteroatoms. The van der Waals surface area contributed by atoms with Crippen LogP contribution in [0, 0.1) is 6.92 Å². The van der Waals surface area contributed by atoms with E-state index in [0.29, 0.717) is 5.69 Å². The van der Waals surface area contributed by atoms with Crippen molar-refractivity contribution in [1.29, 1.82) is 0 Å². The summed E-state index contributed by atoms with van der Waals surface area (Å²) in [6.45, 7) is -3.23. The number of rotatable bonds is 1. The zero-order chi connectivity index (χ0) is 7.78. The maximum atomic E-state index is 11.8. The number of H-pyrrole nitrogens is 1. The fourth-order valence-corrected chi connectivity index (χ4v) is 0.719. The predicted molar refractivity (Wildman–Crippen MR) is 34.2 cm³/mol. The summed E-state index contributed by atoms with van der Waals surface area (Å²) in [4.78, 5) is 2.47. The normalized spacial score (nSPS) is 10.9. The Kier molecular flexibility index (Phi) is 4.42. The van der Waals surface area contributed by atoms with Gasteiger partial charge in [0.2, 0.25) is 0 Å². The van der Waals surface area contributed by atoms with Crippen molar-refractivity contribution in [2.45, 2.75) is 6.92 Å². The van der Waals surface area contributed by atoms with Gasteiger partial charge in [-0.1, -0.05) is 11.5 Å². The Morgan fingerprint density at radius 2 is 1.91 bits per heavy atom. The minimum atomic E-state index is -4.81. The second-order valence-electron chi connectivity index (χ2n) is 2.19. The number of aryl methyl sites for hydroxylation is 1. The molecular formula is C5H6BF3KN. The van der Waals surface area contributed by atoms with E-state index in [1.165, 1.54) is 0 Å². The molecule has 0 aromatic carbocycles. The molecule has 1 N–H and O–H groups in total. The minimum absolute atomic E-state index is 0. The molecule has 56 valence electrons. The molecule has 0 aliphatic carbocycles. The summed E-state index contributed by atoms with van der Waals surface area (Å²) in [5.41, 5.74) is -0.0216. The quantitative estimate of drug-likeness (QED) is 0.508. The Morgan fingerprint density at radius 3 is 2.09 bits per heavy atom. The number of aromatic amines is 1. The molecule has 0 atom stereocenters. The van der Waals surface area contributed by atoms with Crippen LogP contribution in [-0.4, -0.2) is 12.0 Å².